The largest absolute Gasteiger partial charge is 0.377 e. The van der Waals surface area contributed by atoms with Gasteiger partial charge in [-0.3, -0.25) is 5.10 Å². The van der Waals surface area contributed by atoms with Gasteiger partial charge in [0.15, 0.2) is 5.65 Å². The fraction of sp³-hybridized carbons (Fsp3) is 0.312. The summed E-state index contributed by atoms with van der Waals surface area (Å²) in [5, 5.41) is 10.4. The van der Waals surface area contributed by atoms with Crippen LogP contribution in [0.1, 0.15) is 48.7 Å². The van der Waals surface area contributed by atoms with Crippen LogP contribution in [0, 0.1) is 0 Å². The van der Waals surface area contributed by atoms with E-state index in [2.05, 4.69) is 39.0 Å². The van der Waals surface area contributed by atoms with Crippen molar-refractivity contribution in [1.82, 2.24) is 30.5 Å². The average Bonchev–Trinajstić information content (AvgIpc) is 3.06. The van der Waals surface area contributed by atoms with Crippen LogP contribution in [0.15, 0.2) is 31.2 Å². The smallest absolute Gasteiger partial charge is 0.156 e. The van der Waals surface area contributed by atoms with Crippen molar-refractivity contribution >= 4 is 16.9 Å². The quantitative estimate of drug-likeness (QED) is 0.675. The van der Waals surface area contributed by atoms with Crippen LogP contribution >= 0.6 is 0 Å². The molecule has 0 aliphatic heterocycles. The second kappa shape index (κ2) is 4.98. The summed E-state index contributed by atoms with van der Waals surface area (Å²) in [7, 11) is 0. The van der Waals surface area contributed by atoms with Crippen molar-refractivity contribution in [3.05, 3.63) is 48.2 Å². The molecular weight excluding hydrogens is 276 g/mol. The summed E-state index contributed by atoms with van der Waals surface area (Å²) in [6, 6.07) is 2.02. The highest BCUT2D eigenvalue weighted by atomic mass is 15.1. The first-order valence-corrected chi connectivity index (χ1v) is 7.52. The Labute approximate surface area is 128 Å². The van der Waals surface area contributed by atoms with Crippen molar-refractivity contribution in [3.8, 4) is 0 Å². The van der Waals surface area contributed by atoms with Crippen LogP contribution < -0.4 is 5.32 Å². The maximum Gasteiger partial charge on any atom is 0.156 e. The van der Waals surface area contributed by atoms with Gasteiger partial charge in [-0.2, -0.15) is 5.10 Å². The molecule has 1 saturated carbocycles. The molecule has 0 unspecified atom stereocenters. The Morgan fingerprint density at radius 2 is 2.32 bits per heavy atom. The Bertz CT molecular complexity index is 812. The molecule has 4 rings (SSSR count). The summed E-state index contributed by atoms with van der Waals surface area (Å²) < 4.78 is 0. The van der Waals surface area contributed by atoms with E-state index in [4.69, 9.17) is 4.98 Å². The van der Waals surface area contributed by atoms with E-state index in [1.165, 1.54) is 12.8 Å². The van der Waals surface area contributed by atoms with Gasteiger partial charge < -0.3 is 10.3 Å². The number of nitrogens with zero attached hydrogens (tertiary/aromatic N) is 3. The Hall–Kier alpha value is -2.63. The Kier molecular flexibility index (Phi) is 2.96. The van der Waals surface area contributed by atoms with Crippen molar-refractivity contribution in [1.29, 1.82) is 0 Å². The van der Waals surface area contributed by atoms with Crippen molar-refractivity contribution < 1.29 is 0 Å². The number of aromatic nitrogens is 5. The van der Waals surface area contributed by atoms with Gasteiger partial charge in [-0.25, -0.2) is 9.97 Å². The van der Waals surface area contributed by atoms with E-state index in [1.807, 2.05) is 24.7 Å². The second-order valence-electron chi connectivity index (χ2n) is 5.81. The highest BCUT2D eigenvalue weighted by Crippen LogP contribution is 2.39. The Morgan fingerprint density at radius 3 is 3.05 bits per heavy atom. The van der Waals surface area contributed by atoms with Gasteiger partial charge in [-0.05, 0) is 25.8 Å². The molecule has 0 amide bonds. The zero-order chi connectivity index (χ0) is 15.1. The third-order valence-electron chi connectivity index (χ3n) is 4.08. The monoisotopic (exact) mass is 294 g/mol. The van der Waals surface area contributed by atoms with Crippen LogP contribution in [-0.4, -0.2) is 25.1 Å². The summed E-state index contributed by atoms with van der Waals surface area (Å²) in [6.07, 6.45) is 8.04. The lowest BCUT2D eigenvalue weighted by molar-refractivity contribution is 0.674. The van der Waals surface area contributed by atoms with Crippen molar-refractivity contribution in [2.75, 3.05) is 0 Å². The summed E-state index contributed by atoms with van der Waals surface area (Å²) in [4.78, 5) is 12.4. The van der Waals surface area contributed by atoms with Gasteiger partial charge in [-0.1, -0.05) is 6.58 Å². The molecule has 1 fully saturated rings. The minimum atomic E-state index is 0.0725. The number of H-pyrrole nitrogens is 2. The van der Waals surface area contributed by atoms with Gasteiger partial charge in [-0.15, -0.1) is 0 Å². The third-order valence-corrected chi connectivity index (χ3v) is 4.08. The number of hydrogen-bond donors (Lipinski definition) is 3. The van der Waals surface area contributed by atoms with Gasteiger partial charge in [0.1, 0.15) is 5.52 Å². The van der Waals surface area contributed by atoms with Crippen LogP contribution in [-0.2, 0) is 0 Å². The molecular formula is C16H18N6. The van der Waals surface area contributed by atoms with Crippen molar-refractivity contribution in [2.45, 2.75) is 31.7 Å². The molecule has 1 aliphatic rings. The molecule has 0 radical (unpaired) electrons. The van der Waals surface area contributed by atoms with Gasteiger partial charge in [0.2, 0.25) is 0 Å². The zero-order valence-electron chi connectivity index (χ0n) is 12.4. The number of aromatic amines is 2. The summed E-state index contributed by atoms with van der Waals surface area (Å²) in [5.41, 5.74) is 5.51. The molecule has 0 bridgehead atoms. The third kappa shape index (κ3) is 2.26. The van der Waals surface area contributed by atoms with E-state index in [0.717, 1.165) is 33.8 Å². The summed E-state index contributed by atoms with van der Waals surface area (Å²) in [5.74, 6) is 0.587. The molecule has 3 aromatic rings. The zero-order valence-corrected chi connectivity index (χ0v) is 12.4. The molecule has 3 N–H and O–H groups in total. The van der Waals surface area contributed by atoms with E-state index < -0.39 is 0 Å². The van der Waals surface area contributed by atoms with Crippen LogP contribution in [0.3, 0.4) is 0 Å². The first kappa shape index (κ1) is 13.1. The Balaban J connectivity index is 1.62. The van der Waals surface area contributed by atoms with E-state index in [1.54, 1.807) is 0 Å². The lowest BCUT2D eigenvalue weighted by Gasteiger charge is -2.14. The molecule has 6 heteroatoms. The minimum absolute atomic E-state index is 0.0725. The Morgan fingerprint density at radius 1 is 1.45 bits per heavy atom. The lowest BCUT2D eigenvalue weighted by Crippen LogP contribution is -2.16. The predicted octanol–water partition coefficient (Wildman–Crippen LogP) is 2.88. The molecule has 0 saturated heterocycles. The lowest BCUT2D eigenvalue weighted by atomic mass is 10.2. The van der Waals surface area contributed by atoms with E-state index >= 15 is 0 Å². The average molecular weight is 294 g/mol. The SMILES string of the molecule is C=C(N[C@@H](C)c1cc[nH]n1)c1c[nH]c2ncc(C3CC3)nc12. The molecule has 22 heavy (non-hydrogen) atoms. The molecule has 3 heterocycles. The van der Waals surface area contributed by atoms with Gasteiger partial charge in [0.05, 0.1) is 23.6 Å². The standard InChI is InChI=1S/C16H18N6/c1-9(20-10(2)13-5-6-19-22-13)12-7-17-16-15(12)21-14(8-18-16)11-3-4-11/h5-8,10-11,20H,1,3-4H2,2H3,(H,17,18)(H,19,22)/t10-/m0/s1. The summed E-state index contributed by atoms with van der Waals surface area (Å²) in [6.45, 7) is 6.20. The predicted molar refractivity (Wildman–Crippen MR) is 85.0 cm³/mol. The maximum absolute atomic E-state index is 4.77. The molecule has 112 valence electrons. The van der Waals surface area contributed by atoms with E-state index in [0.29, 0.717) is 5.92 Å². The fourth-order valence-electron chi connectivity index (χ4n) is 2.64. The van der Waals surface area contributed by atoms with Crippen LogP contribution in [0.5, 0.6) is 0 Å². The van der Waals surface area contributed by atoms with Gasteiger partial charge >= 0.3 is 0 Å². The molecule has 0 spiro atoms. The van der Waals surface area contributed by atoms with Gasteiger partial charge in [0.25, 0.3) is 0 Å². The minimum Gasteiger partial charge on any atom is -0.377 e. The topological polar surface area (TPSA) is 82.3 Å². The van der Waals surface area contributed by atoms with E-state index in [9.17, 15) is 0 Å². The highest BCUT2D eigenvalue weighted by molar-refractivity contribution is 5.86. The highest BCUT2D eigenvalue weighted by Gasteiger charge is 2.26. The number of rotatable bonds is 5. The van der Waals surface area contributed by atoms with E-state index in [-0.39, 0.29) is 6.04 Å². The second-order valence-corrected chi connectivity index (χ2v) is 5.81. The van der Waals surface area contributed by atoms with Crippen LogP contribution in [0.25, 0.3) is 16.9 Å². The molecule has 1 atom stereocenters. The summed E-state index contributed by atoms with van der Waals surface area (Å²) >= 11 is 0. The van der Waals surface area contributed by atoms with Crippen LogP contribution in [0.2, 0.25) is 0 Å². The van der Waals surface area contributed by atoms with Gasteiger partial charge in [0, 0.05) is 29.6 Å². The number of fused-ring (bicyclic) bond motifs is 1. The molecule has 3 aromatic heterocycles. The van der Waals surface area contributed by atoms with Crippen molar-refractivity contribution in [3.63, 3.8) is 0 Å². The molecule has 0 aromatic carbocycles. The number of hydrogen-bond acceptors (Lipinski definition) is 4. The molecule has 1 aliphatic carbocycles. The number of nitrogens with one attached hydrogen (secondary N) is 3. The normalized spacial score (nSPS) is 15.9. The molecule has 6 nitrogen and oxygen atoms in total. The van der Waals surface area contributed by atoms with Crippen molar-refractivity contribution in [2.24, 2.45) is 0 Å². The fourth-order valence-corrected chi connectivity index (χ4v) is 2.64. The first-order chi connectivity index (χ1) is 10.7. The maximum atomic E-state index is 4.77. The first-order valence-electron chi connectivity index (χ1n) is 7.52. The van der Waals surface area contributed by atoms with Crippen LogP contribution in [0.4, 0.5) is 0 Å².